The van der Waals surface area contributed by atoms with Gasteiger partial charge in [-0.25, -0.2) is 12.7 Å². The molecule has 0 atom stereocenters. The molecule has 0 unspecified atom stereocenters. The fourth-order valence-electron chi connectivity index (χ4n) is 2.80. The first kappa shape index (κ1) is 14.3. The minimum atomic E-state index is -3.14. The van der Waals surface area contributed by atoms with Gasteiger partial charge >= 0.3 is 0 Å². The van der Waals surface area contributed by atoms with Crippen LogP contribution in [0.5, 0.6) is 0 Å². The zero-order valence-corrected chi connectivity index (χ0v) is 12.7. The highest BCUT2D eigenvalue weighted by atomic mass is 35.5. The maximum Gasteiger partial charge on any atom is 0.216 e. The van der Waals surface area contributed by atoms with Crippen LogP contribution in [0.4, 0.5) is 0 Å². The number of rotatable bonds is 3. The molecule has 4 nitrogen and oxygen atoms in total. The summed E-state index contributed by atoms with van der Waals surface area (Å²) in [6.45, 7) is 0.723. The maximum atomic E-state index is 12.2. The standard InChI is InChI=1S/C14H18ClNO3S/c15-13-4-2-1-3-12(13)14(17)7-9-16(10-8-14)20(18,19)11-5-6-11/h1-4,11,17H,5-10H2. The van der Waals surface area contributed by atoms with Gasteiger partial charge in [0, 0.05) is 23.7 Å². The van der Waals surface area contributed by atoms with E-state index in [0.717, 1.165) is 12.8 Å². The van der Waals surface area contributed by atoms with E-state index in [1.807, 2.05) is 18.2 Å². The molecule has 20 heavy (non-hydrogen) atoms. The van der Waals surface area contributed by atoms with E-state index >= 15 is 0 Å². The van der Waals surface area contributed by atoms with E-state index in [2.05, 4.69) is 0 Å². The molecule has 6 heteroatoms. The quantitative estimate of drug-likeness (QED) is 0.929. The molecule has 2 fully saturated rings. The predicted octanol–water partition coefficient (Wildman–Crippen LogP) is 2.12. The van der Waals surface area contributed by atoms with Gasteiger partial charge in [-0.2, -0.15) is 0 Å². The molecule has 0 spiro atoms. The van der Waals surface area contributed by atoms with Crippen molar-refractivity contribution in [3.05, 3.63) is 34.9 Å². The number of halogens is 1. The zero-order valence-electron chi connectivity index (χ0n) is 11.1. The van der Waals surface area contributed by atoms with Crippen molar-refractivity contribution >= 4 is 21.6 Å². The Morgan fingerprint density at radius 3 is 2.35 bits per heavy atom. The van der Waals surface area contributed by atoms with Gasteiger partial charge in [0.1, 0.15) is 0 Å². The van der Waals surface area contributed by atoms with Gasteiger partial charge in [-0.15, -0.1) is 0 Å². The third kappa shape index (κ3) is 2.48. The number of aliphatic hydroxyl groups is 1. The van der Waals surface area contributed by atoms with Crippen LogP contribution in [0.3, 0.4) is 0 Å². The normalized spacial score (nSPS) is 23.7. The van der Waals surface area contributed by atoms with E-state index in [4.69, 9.17) is 11.6 Å². The van der Waals surface area contributed by atoms with Crippen molar-refractivity contribution in [1.82, 2.24) is 4.31 Å². The summed E-state index contributed by atoms with van der Waals surface area (Å²) in [4.78, 5) is 0. The van der Waals surface area contributed by atoms with Crippen molar-refractivity contribution < 1.29 is 13.5 Å². The molecule has 1 aliphatic heterocycles. The molecule has 1 N–H and O–H groups in total. The molecular formula is C14H18ClNO3S. The highest BCUT2D eigenvalue weighted by Crippen LogP contribution is 2.39. The first-order valence-electron chi connectivity index (χ1n) is 6.90. The molecule has 1 saturated heterocycles. The Bertz CT molecular complexity index is 605. The van der Waals surface area contributed by atoms with Gasteiger partial charge in [0.15, 0.2) is 0 Å². The van der Waals surface area contributed by atoms with Crippen LogP contribution in [0.2, 0.25) is 5.02 Å². The Balaban J connectivity index is 1.76. The molecule has 1 heterocycles. The first-order valence-corrected chi connectivity index (χ1v) is 8.78. The molecule has 2 aliphatic rings. The lowest BCUT2D eigenvalue weighted by Crippen LogP contribution is -2.46. The molecule has 110 valence electrons. The van der Waals surface area contributed by atoms with Crippen LogP contribution in [0.25, 0.3) is 0 Å². The van der Waals surface area contributed by atoms with Crippen molar-refractivity contribution in [3.8, 4) is 0 Å². The van der Waals surface area contributed by atoms with E-state index in [9.17, 15) is 13.5 Å². The average Bonchev–Trinajstić information content (AvgIpc) is 3.24. The van der Waals surface area contributed by atoms with Gasteiger partial charge in [-0.1, -0.05) is 29.8 Å². The fraction of sp³-hybridized carbons (Fsp3) is 0.571. The van der Waals surface area contributed by atoms with E-state index in [0.29, 0.717) is 36.5 Å². The molecule has 0 aromatic heterocycles. The fourth-order valence-corrected chi connectivity index (χ4v) is 4.95. The minimum absolute atomic E-state index is 0.186. The Hall–Kier alpha value is -0.620. The van der Waals surface area contributed by atoms with Crippen LogP contribution in [0.1, 0.15) is 31.2 Å². The predicted molar refractivity (Wildman–Crippen MR) is 78.1 cm³/mol. The van der Waals surface area contributed by atoms with Crippen LogP contribution in [-0.2, 0) is 15.6 Å². The van der Waals surface area contributed by atoms with Gasteiger partial charge < -0.3 is 5.11 Å². The summed E-state index contributed by atoms with van der Waals surface area (Å²) in [5.74, 6) is 0. The summed E-state index contributed by atoms with van der Waals surface area (Å²) >= 11 is 6.14. The molecule has 1 saturated carbocycles. The average molecular weight is 316 g/mol. The summed E-state index contributed by atoms with van der Waals surface area (Å²) in [6, 6.07) is 7.23. The number of benzene rings is 1. The lowest BCUT2D eigenvalue weighted by atomic mass is 9.85. The van der Waals surface area contributed by atoms with Crippen LogP contribution in [-0.4, -0.2) is 36.2 Å². The smallest absolute Gasteiger partial charge is 0.216 e. The maximum absolute atomic E-state index is 12.2. The number of nitrogens with zero attached hydrogens (tertiary/aromatic N) is 1. The Morgan fingerprint density at radius 1 is 1.20 bits per heavy atom. The van der Waals surface area contributed by atoms with Crippen molar-refractivity contribution in [2.24, 2.45) is 0 Å². The van der Waals surface area contributed by atoms with Crippen LogP contribution < -0.4 is 0 Å². The van der Waals surface area contributed by atoms with Crippen molar-refractivity contribution in [1.29, 1.82) is 0 Å². The van der Waals surface area contributed by atoms with Crippen molar-refractivity contribution in [2.45, 2.75) is 36.5 Å². The molecule has 1 aromatic rings. The number of hydrogen-bond donors (Lipinski definition) is 1. The van der Waals surface area contributed by atoms with Crippen LogP contribution in [0.15, 0.2) is 24.3 Å². The van der Waals surface area contributed by atoms with E-state index in [1.54, 1.807) is 6.07 Å². The van der Waals surface area contributed by atoms with Crippen molar-refractivity contribution in [3.63, 3.8) is 0 Å². The second kappa shape index (κ2) is 4.98. The molecule has 1 aliphatic carbocycles. The number of hydrogen-bond acceptors (Lipinski definition) is 3. The third-order valence-corrected chi connectivity index (χ3v) is 6.96. The summed E-state index contributed by atoms with van der Waals surface area (Å²) in [7, 11) is -3.14. The summed E-state index contributed by atoms with van der Waals surface area (Å²) in [5, 5.41) is 11.1. The Labute approximate surface area is 124 Å². The van der Waals surface area contributed by atoms with E-state index in [1.165, 1.54) is 4.31 Å². The highest BCUT2D eigenvalue weighted by molar-refractivity contribution is 7.90. The summed E-state index contributed by atoms with van der Waals surface area (Å²) in [5.41, 5.74) is -0.321. The van der Waals surface area contributed by atoms with Gasteiger partial charge in [-0.3, -0.25) is 0 Å². The van der Waals surface area contributed by atoms with Crippen LogP contribution >= 0.6 is 11.6 Å². The molecule has 3 rings (SSSR count). The highest BCUT2D eigenvalue weighted by Gasteiger charge is 2.44. The topological polar surface area (TPSA) is 57.6 Å². The summed E-state index contributed by atoms with van der Waals surface area (Å²) < 4.78 is 25.9. The zero-order chi connectivity index (χ0) is 14.4. The molecule has 0 bridgehead atoms. The second-order valence-corrected chi connectivity index (χ2v) is 8.27. The van der Waals surface area contributed by atoms with Gasteiger partial charge in [0.05, 0.1) is 10.9 Å². The lowest BCUT2D eigenvalue weighted by Gasteiger charge is -2.38. The monoisotopic (exact) mass is 315 g/mol. The third-order valence-electron chi connectivity index (χ3n) is 4.23. The van der Waals surface area contributed by atoms with E-state index < -0.39 is 15.6 Å². The molecular weight excluding hydrogens is 298 g/mol. The minimum Gasteiger partial charge on any atom is -0.385 e. The molecule has 0 radical (unpaired) electrons. The largest absolute Gasteiger partial charge is 0.385 e. The molecule has 0 amide bonds. The second-order valence-electron chi connectivity index (χ2n) is 5.65. The Kier molecular flexibility index (Phi) is 3.57. The van der Waals surface area contributed by atoms with Gasteiger partial charge in [0.25, 0.3) is 0 Å². The summed E-state index contributed by atoms with van der Waals surface area (Å²) in [6.07, 6.45) is 2.33. The van der Waals surface area contributed by atoms with Crippen molar-refractivity contribution in [2.75, 3.05) is 13.1 Å². The molecule has 1 aromatic carbocycles. The van der Waals surface area contributed by atoms with Gasteiger partial charge in [0.2, 0.25) is 10.0 Å². The lowest BCUT2D eigenvalue weighted by molar-refractivity contribution is -0.00954. The Morgan fingerprint density at radius 2 is 1.80 bits per heavy atom. The van der Waals surface area contributed by atoms with E-state index in [-0.39, 0.29) is 5.25 Å². The number of piperidine rings is 1. The van der Waals surface area contributed by atoms with Crippen LogP contribution in [0, 0.1) is 0 Å². The van der Waals surface area contributed by atoms with Gasteiger partial charge in [-0.05, 0) is 31.7 Å². The number of sulfonamides is 1. The first-order chi connectivity index (χ1) is 9.43. The SMILES string of the molecule is O=S(=O)(C1CC1)N1CCC(O)(c2ccccc2Cl)CC1.